The third-order valence-electron chi connectivity index (χ3n) is 4.35. The minimum absolute atomic E-state index is 0.377. The van der Waals surface area contributed by atoms with Gasteiger partial charge in [-0.1, -0.05) is 31.9 Å². The molecule has 1 aromatic rings. The van der Waals surface area contributed by atoms with Crippen LogP contribution in [0.5, 0.6) is 0 Å². The molecule has 0 bridgehead atoms. The van der Waals surface area contributed by atoms with Crippen molar-refractivity contribution in [2.75, 3.05) is 11.9 Å². The molecule has 3 unspecified atom stereocenters. The van der Waals surface area contributed by atoms with Crippen LogP contribution in [0.1, 0.15) is 51.2 Å². The van der Waals surface area contributed by atoms with Gasteiger partial charge in [-0.2, -0.15) is 0 Å². The molecule has 0 amide bonds. The molecule has 0 aliphatic heterocycles. The number of anilines is 1. The molecule has 0 spiro atoms. The highest BCUT2D eigenvalue weighted by Crippen LogP contribution is 2.30. The van der Waals surface area contributed by atoms with Crippen LogP contribution in [-0.4, -0.2) is 18.2 Å². The Bertz CT molecular complexity index is 371. The fraction of sp³-hybridized carbons (Fsp3) is 0.625. The van der Waals surface area contributed by atoms with Gasteiger partial charge in [-0.15, -0.1) is 0 Å². The molecule has 1 aliphatic rings. The van der Waals surface area contributed by atoms with E-state index in [2.05, 4.69) is 31.0 Å². The molecule has 18 heavy (non-hydrogen) atoms. The van der Waals surface area contributed by atoms with Crippen molar-refractivity contribution >= 4 is 5.69 Å². The van der Waals surface area contributed by atoms with Crippen LogP contribution in [0, 0.1) is 5.92 Å². The molecule has 2 nitrogen and oxygen atoms in total. The largest absolute Gasteiger partial charge is 0.389 e. The normalized spacial score (nSPS) is 25.8. The summed E-state index contributed by atoms with van der Waals surface area (Å²) in [5.74, 6) is 0.778. The third kappa shape index (κ3) is 2.86. The van der Waals surface area contributed by atoms with Crippen LogP contribution in [0.3, 0.4) is 0 Å². The summed E-state index contributed by atoms with van der Waals surface area (Å²) < 4.78 is 0. The second kappa shape index (κ2) is 5.75. The van der Waals surface area contributed by atoms with Gasteiger partial charge in [-0.05, 0) is 43.4 Å². The molecule has 1 N–H and O–H groups in total. The highest BCUT2D eigenvalue weighted by atomic mass is 16.3. The summed E-state index contributed by atoms with van der Waals surface area (Å²) in [6.45, 7) is 4.17. The number of benzene rings is 1. The van der Waals surface area contributed by atoms with Gasteiger partial charge in [-0.25, -0.2) is 0 Å². The molecule has 0 aromatic heterocycles. The fourth-order valence-electron chi connectivity index (χ4n) is 3.05. The Morgan fingerprint density at radius 1 is 1.17 bits per heavy atom. The number of aliphatic hydroxyl groups is 1. The van der Waals surface area contributed by atoms with E-state index in [0.29, 0.717) is 6.04 Å². The average molecular weight is 247 g/mol. The predicted octanol–water partition coefficient (Wildman–Crippen LogP) is 3.75. The molecule has 2 rings (SSSR count). The van der Waals surface area contributed by atoms with Crippen LogP contribution in [-0.2, 0) is 0 Å². The van der Waals surface area contributed by atoms with Crippen molar-refractivity contribution in [1.29, 1.82) is 0 Å². The van der Waals surface area contributed by atoms with E-state index in [4.69, 9.17) is 0 Å². The first-order valence-electron chi connectivity index (χ1n) is 7.10. The van der Waals surface area contributed by atoms with E-state index < -0.39 is 0 Å². The lowest BCUT2D eigenvalue weighted by molar-refractivity contribution is 0.199. The third-order valence-corrected chi connectivity index (χ3v) is 4.35. The molecule has 0 radical (unpaired) electrons. The minimum atomic E-state index is -0.377. The van der Waals surface area contributed by atoms with Gasteiger partial charge >= 0.3 is 0 Å². The second-order valence-corrected chi connectivity index (χ2v) is 5.71. The summed E-state index contributed by atoms with van der Waals surface area (Å²) in [7, 11) is 2.20. The lowest BCUT2D eigenvalue weighted by atomic mass is 9.85. The zero-order chi connectivity index (χ0) is 13.1. The first-order valence-corrected chi connectivity index (χ1v) is 7.10. The van der Waals surface area contributed by atoms with Gasteiger partial charge in [0.15, 0.2) is 0 Å². The second-order valence-electron chi connectivity index (χ2n) is 5.71. The van der Waals surface area contributed by atoms with Gasteiger partial charge in [0.05, 0.1) is 6.10 Å². The lowest BCUT2D eigenvalue weighted by Gasteiger charge is -2.37. The van der Waals surface area contributed by atoms with Gasteiger partial charge in [0.2, 0.25) is 0 Å². The number of hydrogen-bond donors (Lipinski definition) is 1. The maximum Gasteiger partial charge on any atom is 0.0761 e. The standard InChI is InChI=1S/C16H25NO/c1-12-6-4-5-7-16(12)17(3)15-10-8-14(9-11-15)13(2)18/h8-13,16,18H,4-7H2,1-3H3. The van der Waals surface area contributed by atoms with Crippen molar-refractivity contribution in [2.24, 2.45) is 5.92 Å². The fourth-order valence-corrected chi connectivity index (χ4v) is 3.05. The Balaban J connectivity index is 2.10. The van der Waals surface area contributed by atoms with Crippen LogP contribution in [0.25, 0.3) is 0 Å². The number of nitrogens with zero attached hydrogens (tertiary/aromatic N) is 1. The molecule has 1 fully saturated rings. The quantitative estimate of drug-likeness (QED) is 0.879. The molecule has 3 atom stereocenters. The molecule has 100 valence electrons. The van der Waals surface area contributed by atoms with Gasteiger partial charge < -0.3 is 10.0 Å². The van der Waals surface area contributed by atoms with E-state index in [9.17, 15) is 5.11 Å². The molecule has 1 saturated carbocycles. The van der Waals surface area contributed by atoms with Crippen LogP contribution in [0.15, 0.2) is 24.3 Å². The van der Waals surface area contributed by atoms with Crippen molar-refractivity contribution in [2.45, 2.75) is 51.7 Å². The number of hydrogen-bond acceptors (Lipinski definition) is 2. The van der Waals surface area contributed by atoms with Crippen LogP contribution in [0.4, 0.5) is 5.69 Å². The smallest absolute Gasteiger partial charge is 0.0761 e. The van der Waals surface area contributed by atoms with Crippen LogP contribution >= 0.6 is 0 Å². The van der Waals surface area contributed by atoms with Crippen molar-refractivity contribution in [3.63, 3.8) is 0 Å². The Labute approximate surface area is 111 Å². The average Bonchev–Trinajstić information content (AvgIpc) is 2.38. The zero-order valence-electron chi connectivity index (χ0n) is 11.8. The van der Waals surface area contributed by atoms with E-state index >= 15 is 0 Å². The summed E-state index contributed by atoms with van der Waals surface area (Å²) in [5.41, 5.74) is 2.25. The Morgan fingerprint density at radius 2 is 1.78 bits per heavy atom. The van der Waals surface area contributed by atoms with Crippen molar-refractivity contribution in [1.82, 2.24) is 0 Å². The Kier molecular flexibility index (Phi) is 4.28. The summed E-state index contributed by atoms with van der Waals surface area (Å²) >= 11 is 0. The van der Waals surface area contributed by atoms with Gasteiger partial charge in [0.1, 0.15) is 0 Å². The van der Waals surface area contributed by atoms with Crippen LogP contribution < -0.4 is 4.90 Å². The summed E-state index contributed by atoms with van der Waals surface area (Å²) in [6.07, 6.45) is 5.01. The zero-order valence-corrected chi connectivity index (χ0v) is 11.8. The Morgan fingerprint density at radius 3 is 2.33 bits per heavy atom. The molecule has 0 saturated heterocycles. The lowest BCUT2D eigenvalue weighted by Crippen LogP contribution is -2.38. The van der Waals surface area contributed by atoms with Crippen molar-refractivity contribution in [3.05, 3.63) is 29.8 Å². The van der Waals surface area contributed by atoms with Gasteiger partial charge in [0, 0.05) is 18.8 Å². The van der Waals surface area contributed by atoms with E-state index in [-0.39, 0.29) is 6.10 Å². The van der Waals surface area contributed by atoms with E-state index in [1.165, 1.54) is 31.4 Å². The number of rotatable bonds is 3. The summed E-state index contributed by atoms with van der Waals surface area (Å²) in [5, 5.41) is 9.53. The molecule has 1 aliphatic carbocycles. The van der Waals surface area contributed by atoms with E-state index in [1.54, 1.807) is 0 Å². The Hall–Kier alpha value is -1.02. The van der Waals surface area contributed by atoms with Gasteiger partial charge in [-0.3, -0.25) is 0 Å². The number of aliphatic hydroxyl groups excluding tert-OH is 1. The molecule has 2 heteroatoms. The molecule has 0 heterocycles. The first-order chi connectivity index (χ1) is 8.59. The highest BCUT2D eigenvalue weighted by molar-refractivity contribution is 5.48. The maximum absolute atomic E-state index is 9.53. The highest BCUT2D eigenvalue weighted by Gasteiger charge is 2.25. The van der Waals surface area contributed by atoms with Crippen molar-refractivity contribution in [3.8, 4) is 0 Å². The molecular weight excluding hydrogens is 222 g/mol. The maximum atomic E-state index is 9.53. The predicted molar refractivity (Wildman–Crippen MR) is 76.9 cm³/mol. The SMILES string of the molecule is CC(O)c1ccc(N(C)C2CCCCC2C)cc1. The van der Waals surface area contributed by atoms with E-state index in [0.717, 1.165) is 11.5 Å². The minimum Gasteiger partial charge on any atom is -0.389 e. The monoisotopic (exact) mass is 247 g/mol. The first kappa shape index (κ1) is 13.4. The van der Waals surface area contributed by atoms with Gasteiger partial charge in [0.25, 0.3) is 0 Å². The van der Waals surface area contributed by atoms with Crippen LogP contribution in [0.2, 0.25) is 0 Å². The summed E-state index contributed by atoms with van der Waals surface area (Å²) in [6, 6.07) is 8.98. The topological polar surface area (TPSA) is 23.5 Å². The van der Waals surface area contributed by atoms with E-state index in [1.807, 2.05) is 19.1 Å². The van der Waals surface area contributed by atoms with Crippen molar-refractivity contribution < 1.29 is 5.11 Å². The molecule has 1 aromatic carbocycles. The summed E-state index contributed by atoms with van der Waals surface area (Å²) in [4.78, 5) is 2.41. The molecular formula is C16H25NO.